The number of nitrogens with zero attached hydrogens (tertiary/aromatic N) is 2. The molecule has 1 atom stereocenters. The van der Waals surface area contributed by atoms with E-state index in [-0.39, 0.29) is 29.9 Å². The van der Waals surface area contributed by atoms with Crippen molar-refractivity contribution in [1.82, 2.24) is 15.1 Å². The molecule has 0 spiro atoms. The number of hydrogen-bond acceptors (Lipinski definition) is 9. The van der Waals surface area contributed by atoms with Gasteiger partial charge in [0.25, 0.3) is 17.7 Å². The smallest absolute Gasteiger partial charge is 0.407 e. The zero-order chi connectivity index (χ0) is 30.0. The lowest BCUT2D eigenvalue weighted by Gasteiger charge is -2.32. The van der Waals surface area contributed by atoms with Gasteiger partial charge in [0.1, 0.15) is 11.6 Å². The summed E-state index contributed by atoms with van der Waals surface area (Å²) < 4.78 is 16.4. The van der Waals surface area contributed by atoms with Crippen molar-refractivity contribution in [2.45, 2.75) is 70.9 Å². The Balaban J connectivity index is 1.28. The van der Waals surface area contributed by atoms with Crippen molar-refractivity contribution in [2.75, 3.05) is 51.9 Å². The van der Waals surface area contributed by atoms with Crippen LogP contribution < -0.4 is 10.6 Å². The maximum absolute atomic E-state index is 13.2. The summed E-state index contributed by atoms with van der Waals surface area (Å²) in [6.07, 6.45) is 2.96. The Bertz CT molecular complexity index is 1120. The highest BCUT2D eigenvalue weighted by atomic mass is 16.6. The van der Waals surface area contributed by atoms with Crippen molar-refractivity contribution in [2.24, 2.45) is 0 Å². The van der Waals surface area contributed by atoms with E-state index >= 15 is 0 Å². The summed E-state index contributed by atoms with van der Waals surface area (Å²) in [4.78, 5) is 64.2. The number of carbonyl (C=O) groups is 5. The van der Waals surface area contributed by atoms with E-state index in [9.17, 15) is 24.0 Å². The summed E-state index contributed by atoms with van der Waals surface area (Å²) in [5.41, 5.74) is 0.540. The minimum atomic E-state index is -0.974. The Labute approximate surface area is 241 Å². The van der Waals surface area contributed by atoms with Crippen LogP contribution in [-0.4, -0.2) is 97.7 Å². The van der Waals surface area contributed by atoms with Crippen LogP contribution in [0.15, 0.2) is 18.2 Å². The molecule has 0 radical (unpaired) electrons. The standard InChI is InChI=1S/C29H42N4O8/c1-29(2,3)41-28(38)31-15-9-19-40-17-6-5-16-39-18-8-14-30-21-11-7-10-20-24(21)27(37)33(25(20)35)22-12-13-23(34)32(4)26(22)36/h7,10-11,22,30H,5-6,8-9,12-19H2,1-4H3,(H,31,38). The van der Waals surface area contributed by atoms with E-state index < -0.39 is 35.5 Å². The number of piperidine rings is 1. The van der Waals surface area contributed by atoms with Gasteiger partial charge in [-0.05, 0) is 65.0 Å². The van der Waals surface area contributed by atoms with Crippen LogP contribution in [0.1, 0.15) is 80.0 Å². The number of unbranched alkanes of at least 4 members (excludes halogenated alkanes) is 1. The lowest BCUT2D eigenvalue weighted by atomic mass is 10.0. The second-order valence-electron chi connectivity index (χ2n) is 11.0. The van der Waals surface area contributed by atoms with Crippen LogP contribution in [0.5, 0.6) is 0 Å². The van der Waals surface area contributed by atoms with E-state index in [1.165, 1.54) is 7.05 Å². The number of alkyl carbamates (subject to hydrolysis) is 1. The topological polar surface area (TPSA) is 144 Å². The number of benzene rings is 1. The van der Waals surface area contributed by atoms with Crippen molar-refractivity contribution in [3.8, 4) is 0 Å². The zero-order valence-electron chi connectivity index (χ0n) is 24.5. The number of nitrogens with one attached hydrogen (secondary N) is 2. The summed E-state index contributed by atoms with van der Waals surface area (Å²) in [5.74, 6) is -1.89. The first-order valence-electron chi connectivity index (χ1n) is 14.2. The molecule has 1 unspecified atom stereocenters. The molecule has 0 saturated carbocycles. The minimum Gasteiger partial charge on any atom is -0.444 e. The van der Waals surface area contributed by atoms with Crippen LogP contribution in [0.25, 0.3) is 0 Å². The number of likely N-dealkylation sites (N-methyl/N-ethyl adjacent to an activating group) is 1. The predicted molar refractivity (Wildman–Crippen MR) is 151 cm³/mol. The first-order chi connectivity index (χ1) is 19.5. The van der Waals surface area contributed by atoms with Gasteiger partial charge in [-0.15, -0.1) is 0 Å². The van der Waals surface area contributed by atoms with Gasteiger partial charge in [0.15, 0.2) is 0 Å². The SMILES string of the molecule is CN1C(=O)CCC(N2C(=O)c3cccc(NCCCOCCCCOCCCNC(=O)OC(C)(C)C)c3C2=O)C1=O. The highest BCUT2D eigenvalue weighted by Gasteiger charge is 2.47. The number of fused-ring (bicyclic) bond motifs is 1. The van der Waals surface area contributed by atoms with Gasteiger partial charge >= 0.3 is 6.09 Å². The summed E-state index contributed by atoms with van der Waals surface area (Å²) >= 11 is 0. The van der Waals surface area contributed by atoms with E-state index in [1.54, 1.807) is 18.2 Å². The van der Waals surface area contributed by atoms with Crippen LogP contribution in [0.3, 0.4) is 0 Å². The molecule has 1 aromatic rings. The third kappa shape index (κ3) is 8.99. The number of rotatable bonds is 15. The van der Waals surface area contributed by atoms with Crippen LogP contribution in [0, 0.1) is 0 Å². The maximum atomic E-state index is 13.2. The highest BCUT2D eigenvalue weighted by Crippen LogP contribution is 2.33. The van der Waals surface area contributed by atoms with Gasteiger partial charge in [-0.1, -0.05) is 6.07 Å². The van der Waals surface area contributed by atoms with Crippen molar-refractivity contribution >= 4 is 35.4 Å². The highest BCUT2D eigenvalue weighted by molar-refractivity contribution is 6.25. The fraction of sp³-hybridized carbons (Fsp3) is 0.621. The molecule has 5 amide bonds. The molecule has 3 rings (SSSR count). The average Bonchev–Trinajstić information content (AvgIpc) is 3.16. The van der Waals surface area contributed by atoms with Gasteiger partial charge in [-0.3, -0.25) is 29.0 Å². The lowest BCUT2D eigenvalue weighted by molar-refractivity contribution is -0.149. The molecule has 0 aliphatic carbocycles. The van der Waals surface area contributed by atoms with Gasteiger partial charge < -0.3 is 24.8 Å². The Kier molecular flexibility index (Phi) is 11.7. The molecular weight excluding hydrogens is 532 g/mol. The molecule has 2 heterocycles. The number of imide groups is 2. The van der Waals surface area contributed by atoms with Crippen LogP contribution in [-0.2, 0) is 23.8 Å². The molecule has 41 heavy (non-hydrogen) atoms. The molecule has 226 valence electrons. The molecular formula is C29H42N4O8. The number of ether oxygens (including phenoxy) is 3. The number of likely N-dealkylation sites (tertiary alicyclic amines) is 1. The molecule has 12 heteroatoms. The van der Waals surface area contributed by atoms with E-state index in [0.717, 1.165) is 22.6 Å². The number of amides is 5. The Morgan fingerprint density at radius 1 is 0.927 bits per heavy atom. The largest absolute Gasteiger partial charge is 0.444 e. The van der Waals surface area contributed by atoms with Crippen molar-refractivity contribution in [3.05, 3.63) is 29.3 Å². The average molecular weight is 575 g/mol. The van der Waals surface area contributed by atoms with Gasteiger partial charge in [-0.2, -0.15) is 0 Å². The molecule has 2 aliphatic rings. The normalized spacial score (nSPS) is 17.2. The zero-order valence-corrected chi connectivity index (χ0v) is 24.5. The minimum absolute atomic E-state index is 0.105. The number of hydrogen-bond donors (Lipinski definition) is 2. The molecule has 12 nitrogen and oxygen atoms in total. The van der Waals surface area contributed by atoms with Crippen molar-refractivity contribution in [1.29, 1.82) is 0 Å². The quantitative estimate of drug-likeness (QED) is 0.239. The van der Waals surface area contributed by atoms with Gasteiger partial charge in [0.05, 0.1) is 11.1 Å². The Morgan fingerprint density at radius 2 is 1.56 bits per heavy atom. The second kappa shape index (κ2) is 14.9. The van der Waals surface area contributed by atoms with Gasteiger partial charge in [0.2, 0.25) is 5.91 Å². The molecule has 0 bridgehead atoms. The third-order valence-electron chi connectivity index (χ3n) is 6.62. The van der Waals surface area contributed by atoms with Gasteiger partial charge in [-0.25, -0.2) is 4.79 Å². The van der Waals surface area contributed by atoms with E-state index in [2.05, 4.69) is 10.6 Å². The lowest BCUT2D eigenvalue weighted by Crippen LogP contribution is -2.54. The van der Waals surface area contributed by atoms with E-state index in [0.29, 0.717) is 58.0 Å². The first-order valence-corrected chi connectivity index (χ1v) is 14.2. The summed E-state index contributed by atoms with van der Waals surface area (Å²) in [7, 11) is 1.37. The Hall–Kier alpha value is -3.51. The van der Waals surface area contributed by atoms with Crippen LogP contribution in [0.4, 0.5) is 10.5 Å². The fourth-order valence-corrected chi connectivity index (χ4v) is 4.56. The van der Waals surface area contributed by atoms with E-state index in [4.69, 9.17) is 14.2 Å². The maximum Gasteiger partial charge on any atom is 0.407 e. The van der Waals surface area contributed by atoms with Crippen molar-refractivity contribution < 1.29 is 38.2 Å². The van der Waals surface area contributed by atoms with Gasteiger partial charge in [0, 0.05) is 58.7 Å². The second-order valence-corrected chi connectivity index (χ2v) is 11.0. The third-order valence-corrected chi connectivity index (χ3v) is 6.62. The van der Waals surface area contributed by atoms with E-state index in [1.807, 2.05) is 20.8 Å². The molecule has 2 N–H and O–H groups in total. The number of carbonyl (C=O) groups excluding carboxylic acids is 5. The molecule has 1 fully saturated rings. The summed E-state index contributed by atoms with van der Waals surface area (Å²) in [6.45, 7) is 8.83. The first kappa shape index (κ1) is 32.0. The summed E-state index contributed by atoms with van der Waals surface area (Å²) in [6, 6.07) is 4.04. The summed E-state index contributed by atoms with van der Waals surface area (Å²) in [5, 5.41) is 5.91. The molecule has 2 aliphatic heterocycles. The Morgan fingerprint density at radius 3 is 2.22 bits per heavy atom. The molecule has 1 aromatic carbocycles. The molecule has 0 aromatic heterocycles. The predicted octanol–water partition coefficient (Wildman–Crippen LogP) is 2.96. The molecule has 1 saturated heterocycles. The van der Waals surface area contributed by atoms with Crippen LogP contribution in [0.2, 0.25) is 0 Å². The number of anilines is 1. The monoisotopic (exact) mass is 574 g/mol. The fourth-order valence-electron chi connectivity index (χ4n) is 4.56. The van der Waals surface area contributed by atoms with Crippen molar-refractivity contribution in [3.63, 3.8) is 0 Å². The van der Waals surface area contributed by atoms with Crippen LogP contribution >= 0.6 is 0 Å².